The number of likely N-dealkylation sites (tertiary alicyclic amines) is 1. The molecule has 0 radical (unpaired) electrons. The molecule has 1 saturated heterocycles. The number of carbonyl (C=O) groups is 3. The summed E-state index contributed by atoms with van der Waals surface area (Å²) in [5, 5.41) is 28.3. The molecule has 3 N–H and O–H groups in total. The highest BCUT2D eigenvalue weighted by atomic mass is 16.6. The summed E-state index contributed by atoms with van der Waals surface area (Å²) >= 11 is 0. The average molecular weight is 323 g/mol. The third-order valence-electron chi connectivity index (χ3n) is 3.91. The zero-order valence-corrected chi connectivity index (χ0v) is 12.2. The second-order valence-corrected chi connectivity index (χ2v) is 5.35. The largest absolute Gasteiger partial charge is 0.480 e. The molecule has 0 aromatic heterocycles. The summed E-state index contributed by atoms with van der Waals surface area (Å²) in [6, 6.07) is 8.88. The summed E-state index contributed by atoms with van der Waals surface area (Å²) in [4.78, 5) is 35.8. The van der Waals surface area contributed by atoms with Crippen LogP contribution in [0, 0.1) is 5.41 Å². The molecule has 8 nitrogen and oxygen atoms in total. The SMILES string of the molecule is O=C(OCc1ccccc1)N1CCC(O)C(C(=O)O)(C(=O)O)C1. The Morgan fingerprint density at radius 2 is 1.78 bits per heavy atom. The molecule has 1 aliphatic rings. The van der Waals surface area contributed by atoms with Crippen molar-refractivity contribution in [1.29, 1.82) is 0 Å². The maximum Gasteiger partial charge on any atom is 0.410 e. The highest BCUT2D eigenvalue weighted by Gasteiger charge is 2.57. The van der Waals surface area contributed by atoms with Crippen molar-refractivity contribution in [3.8, 4) is 0 Å². The number of ether oxygens (including phenoxy) is 1. The van der Waals surface area contributed by atoms with Crippen LogP contribution >= 0.6 is 0 Å². The van der Waals surface area contributed by atoms with Crippen LogP contribution in [0.15, 0.2) is 30.3 Å². The van der Waals surface area contributed by atoms with Crippen LogP contribution in [0.5, 0.6) is 0 Å². The highest BCUT2D eigenvalue weighted by Crippen LogP contribution is 2.31. The van der Waals surface area contributed by atoms with Crippen LogP contribution in [-0.2, 0) is 20.9 Å². The third kappa shape index (κ3) is 3.26. The Morgan fingerprint density at radius 1 is 1.17 bits per heavy atom. The molecule has 0 bridgehead atoms. The summed E-state index contributed by atoms with van der Waals surface area (Å²) in [6.45, 7) is -0.630. The van der Waals surface area contributed by atoms with Crippen LogP contribution in [0.1, 0.15) is 12.0 Å². The van der Waals surface area contributed by atoms with Gasteiger partial charge in [0.2, 0.25) is 5.41 Å². The topological polar surface area (TPSA) is 124 Å². The van der Waals surface area contributed by atoms with Gasteiger partial charge in [0.05, 0.1) is 12.6 Å². The van der Waals surface area contributed by atoms with Gasteiger partial charge < -0.3 is 25.0 Å². The van der Waals surface area contributed by atoms with Gasteiger partial charge in [0.25, 0.3) is 0 Å². The Kier molecular flexibility index (Phi) is 4.85. The predicted molar refractivity (Wildman–Crippen MR) is 76.5 cm³/mol. The van der Waals surface area contributed by atoms with Gasteiger partial charge in [-0.25, -0.2) is 4.79 Å². The molecule has 1 heterocycles. The minimum absolute atomic E-state index is 0.00807. The first-order chi connectivity index (χ1) is 10.9. The molecule has 0 saturated carbocycles. The summed E-state index contributed by atoms with van der Waals surface area (Å²) < 4.78 is 5.08. The minimum atomic E-state index is -2.44. The molecule has 2 rings (SSSR count). The van der Waals surface area contributed by atoms with E-state index in [-0.39, 0.29) is 19.6 Å². The van der Waals surface area contributed by atoms with Crippen LogP contribution in [0.3, 0.4) is 0 Å². The van der Waals surface area contributed by atoms with Gasteiger partial charge in [-0.15, -0.1) is 0 Å². The number of carbonyl (C=O) groups excluding carboxylic acids is 1. The molecule has 1 aliphatic heterocycles. The number of aliphatic carboxylic acids is 2. The Balaban J connectivity index is 2.07. The van der Waals surface area contributed by atoms with Crippen LogP contribution in [0.25, 0.3) is 0 Å². The lowest BCUT2D eigenvalue weighted by Gasteiger charge is -2.39. The van der Waals surface area contributed by atoms with Gasteiger partial charge >= 0.3 is 18.0 Å². The maximum atomic E-state index is 12.0. The number of carboxylic acid groups (broad SMARTS) is 2. The second-order valence-electron chi connectivity index (χ2n) is 5.35. The van der Waals surface area contributed by atoms with E-state index in [1.165, 1.54) is 0 Å². The number of rotatable bonds is 4. The van der Waals surface area contributed by atoms with Crippen LogP contribution in [0.4, 0.5) is 4.79 Å². The number of carboxylic acids is 2. The first kappa shape index (κ1) is 16.8. The van der Waals surface area contributed by atoms with Gasteiger partial charge in [0.1, 0.15) is 6.61 Å². The van der Waals surface area contributed by atoms with E-state index in [4.69, 9.17) is 4.74 Å². The lowest BCUT2D eigenvalue weighted by Crippen LogP contribution is -2.61. The van der Waals surface area contributed by atoms with Crippen molar-refractivity contribution < 1.29 is 34.4 Å². The number of piperidine rings is 1. The molecule has 1 amide bonds. The van der Waals surface area contributed by atoms with Crippen LogP contribution < -0.4 is 0 Å². The quantitative estimate of drug-likeness (QED) is 0.691. The van der Waals surface area contributed by atoms with E-state index in [2.05, 4.69) is 0 Å². The predicted octanol–water partition coefficient (Wildman–Crippen LogP) is 0.545. The number of hydrogen-bond donors (Lipinski definition) is 3. The zero-order valence-electron chi connectivity index (χ0n) is 12.2. The molecule has 1 aromatic rings. The lowest BCUT2D eigenvalue weighted by molar-refractivity contribution is -0.179. The smallest absolute Gasteiger partial charge is 0.410 e. The lowest BCUT2D eigenvalue weighted by atomic mass is 9.77. The molecule has 1 unspecified atom stereocenters. The first-order valence-electron chi connectivity index (χ1n) is 6.98. The van der Waals surface area contributed by atoms with Crippen molar-refractivity contribution >= 4 is 18.0 Å². The molecule has 0 aliphatic carbocycles. The molecule has 0 spiro atoms. The number of aliphatic hydroxyl groups is 1. The van der Waals surface area contributed by atoms with E-state index >= 15 is 0 Å². The van der Waals surface area contributed by atoms with E-state index in [0.717, 1.165) is 10.5 Å². The van der Waals surface area contributed by atoms with Gasteiger partial charge in [0.15, 0.2) is 0 Å². The van der Waals surface area contributed by atoms with Crippen molar-refractivity contribution in [3.05, 3.63) is 35.9 Å². The number of benzene rings is 1. The van der Waals surface area contributed by atoms with Crippen molar-refractivity contribution in [2.24, 2.45) is 5.41 Å². The van der Waals surface area contributed by atoms with Crippen molar-refractivity contribution in [1.82, 2.24) is 4.90 Å². The Bertz CT molecular complexity index is 587. The molecule has 1 aromatic carbocycles. The number of aliphatic hydroxyl groups excluding tert-OH is 1. The second kappa shape index (κ2) is 6.66. The maximum absolute atomic E-state index is 12.0. The van der Waals surface area contributed by atoms with Gasteiger partial charge in [-0.1, -0.05) is 30.3 Å². The minimum Gasteiger partial charge on any atom is -0.480 e. The first-order valence-corrected chi connectivity index (χ1v) is 6.98. The Hall–Kier alpha value is -2.61. The normalized spacial score (nSPS) is 19.9. The summed E-state index contributed by atoms with van der Waals surface area (Å²) in [7, 11) is 0. The van der Waals surface area contributed by atoms with Gasteiger partial charge in [0, 0.05) is 6.54 Å². The molecule has 8 heteroatoms. The fourth-order valence-electron chi connectivity index (χ4n) is 2.49. The molecule has 23 heavy (non-hydrogen) atoms. The van der Waals surface area contributed by atoms with E-state index in [1.807, 2.05) is 6.07 Å². The molecule has 124 valence electrons. The number of hydrogen-bond acceptors (Lipinski definition) is 5. The summed E-state index contributed by atoms with van der Waals surface area (Å²) in [5.74, 6) is -3.36. The average Bonchev–Trinajstić information content (AvgIpc) is 2.53. The van der Waals surface area contributed by atoms with Crippen molar-refractivity contribution in [2.75, 3.05) is 13.1 Å². The van der Waals surface area contributed by atoms with Crippen molar-refractivity contribution in [3.63, 3.8) is 0 Å². The molecular weight excluding hydrogens is 306 g/mol. The number of amides is 1. The van der Waals surface area contributed by atoms with Gasteiger partial charge in [-0.3, -0.25) is 9.59 Å². The van der Waals surface area contributed by atoms with E-state index in [9.17, 15) is 29.7 Å². The summed E-state index contributed by atoms with van der Waals surface area (Å²) in [6.07, 6.45) is -2.54. The van der Waals surface area contributed by atoms with Gasteiger partial charge in [-0.05, 0) is 12.0 Å². The molecule has 1 fully saturated rings. The van der Waals surface area contributed by atoms with E-state index in [1.54, 1.807) is 24.3 Å². The van der Waals surface area contributed by atoms with Crippen molar-refractivity contribution in [2.45, 2.75) is 19.1 Å². The van der Waals surface area contributed by atoms with E-state index < -0.39 is 36.1 Å². The number of nitrogens with zero attached hydrogens (tertiary/aromatic N) is 1. The fourth-order valence-corrected chi connectivity index (χ4v) is 2.49. The Labute approximate surface area is 131 Å². The Morgan fingerprint density at radius 3 is 2.35 bits per heavy atom. The zero-order chi connectivity index (χ0) is 17.0. The van der Waals surface area contributed by atoms with Crippen LogP contribution in [0.2, 0.25) is 0 Å². The highest BCUT2D eigenvalue weighted by molar-refractivity contribution is 6.00. The van der Waals surface area contributed by atoms with Gasteiger partial charge in [-0.2, -0.15) is 0 Å². The third-order valence-corrected chi connectivity index (χ3v) is 3.91. The fraction of sp³-hybridized carbons (Fsp3) is 0.400. The monoisotopic (exact) mass is 323 g/mol. The standard InChI is InChI=1S/C15H17NO7/c17-11-6-7-16(9-15(11,12(18)19)13(20)21)14(22)23-8-10-4-2-1-3-5-10/h1-5,11,17H,6-9H2,(H,18,19)(H,20,21). The molecular formula is C15H17NO7. The molecule has 1 atom stereocenters. The summed E-state index contributed by atoms with van der Waals surface area (Å²) in [5.41, 5.74) is -1.69. The van der Waals surface area contributed by atoms with E-state index in [0.29, 0.717) is 0 Å². The van der Waals surface area contributed by atoms with Crippen LogP contribution in [-0.4, -0.2) is 57.4 Å².